The predicted molar refractivity (Wildman–Crippen MR) is 58.4 cm³/mol. The van der Waals surface area contributed by atoms with E-state index in [2.05, 4.69) is 27.2 Å². The molecule has 0 saturated carbocycles. The van der Waals surface area contributed by atoms with Gasteiger partial charge in [-0.25, -0.2) is 15.3 Å². The van der Waals surface area contributed by atoms with E-state index in [-0.39, 0.29) is 5.54 Å². The van der Waals surface area contributed by atoms with Crippen LogP contribution >= 0.6 is 0 Å². The molecule has 1 aromatic rings. The maximum atomic E-state index is 4.66. The van der Waals surface area contributed by atoms with E-state index in [1.807, 2.05) is 12.1 Å². The second kappa shape index (κ2) is 4.51. The minimum absolute atomic E-state index is 0.304. The molecule has 1 unspecified atom stereocenters. The van der Waals surface area contributed by atoms with Crippen molar-refractivity contribution in [1.29, 1.82) is 0 Å². The van der Waals surface area contributed by atoms with Crippen LogP contribution in [0.4, 0.5) is 0 Å². The van der Waals surface area contributed by atoms with Gasteiger partial charge in [-0.15, -0.1) is 6.58 Å². The summed E-state index contributed by atoms with van der Waals surface area (Å²) in [5, 5.41) is 8.00. The zero-order valence-electron chi connectivity index (χ0n) is 8.69. The average Bonchev–Trinajstić information content (AvgIpc) is 2.32. The van der Waals surface area contributed by atoms with E-state index < -0.39 is 0 Å². The van der Waals surface area contributed by atoms with Crippen LogP contribution in [0.2, 0.25) is 0 Å². The Morgan fingerprint density at radius 1 is 1.47 bits per heavy atom. The summed E-state index contributed by atoms with van der Waals surface area (Å²) in [6, 6.07) is 1.82. The quantitative estimate of drug-likeness (QED) is 0.726. The molecular weight excluding hydrogens is 188 g/mol. The first kappa shape index (κ1) is 10.3. The van der Waals surface area contributed by atoms with Gasteiger partial charge in [0, 0.05) is 32.0 Å². The van der Waals surface area contributed by atoms with Crippen molar-refractivity contribution in [1.82, 2.24) is 20.6 Å². The van der Waals surface area contributed by atoms with Crippen LogP contribution in [-0.2, 0) is 5.54 Å². The summed E-state index contributed by atoms with van der Waals surface area (Å²) in [5.41, 5.74) is -0.304. The van der Waals surface area contributed by atoms with Gasteiger partial charge < -0.3 is 5.32 Å². The second-order valence-corrected chi connectivity index (χ2v) is 3.66. The molecule has 1 aromatic heterocycles. The number of aromatic nitrogens is 2. The molecule has 79 valence electrons. The number of nitrogens with one attached hydrogen (secondary N) is 1. The lowest BCUT2D eigenvalue weighted by molar-refractivity contribution is 0.256. The Balaban J connectivity index is 2.29. The van der Waals surface area contributed by atoms with Gasteiger partial charge in [0.1, 0.15) is 5.54 Å². The SMILES string of the molecule is C=CCC1(c2ncccn2)CNCC[N]1. The summed E-state index contributed by atoms with van der Waals surface area (Å²) in [6.45, 7) is 6.32. The van der Waals surface area contributed by atoms with E-state index in [0.717, 1.165) is 31.9 Å². The standard InChI is InChI=1S/C11H15N4/c1-2-4-11(9-12-7-8-15-11)10-13-5-3-6-14-10/h2-3,5-6,12H,1,4,7-9H2. The minimum atomic E-state index is -0.304. The summed E-state index contributed by atoms with van der Waals surface area (Å²) in [5.74, 6) is 0.789. The molecule has 0 bridgehead atoms. The fourth-order valence-corrected chi connectivity index (χ4v) is 1.86. The number of hydrogen-bond donors (Lipinski definition) is 1. The van der Waals surface area contributed by atoms with Gasteiger partial charge in [-0.1, -0.05) is 6.08 Å². The van der Waals surface area contributed by atoms with E-state index in [9.17, 15) is 0 Å². The highest BCUT2D eigenvalue weighted by Gasteiger charge is 2.36. The Morgan fingerprint density at radius 2 is 2.27 bits per heavy atom. The lowest BCUT2D eigenvalue weighted by Gasteiger charge is -2.34. The first-order valence-corrected chi connectivity index (χ1v) is 5.15. The van der Waals surface area contributed by atoms with Crippen LogP contribution in [0.3, 0.4) is 0 Å². The molecule has 4 heteroatoms. The molecule has 2 heterocycles. The van der Waals surface area contributed by atoms with Gasteiger partial charge in [0.05, 0.1) is 0 Å². The normalized spacial score (nSPS) is 26.1. The van der Waals surface area contributed by atoms with Crippen molar-refractivity contribution in [3.63, 3.8) is 0 Å². The van der Waals surface area contributed by atoms with Crippen molar-refractivity contribution in [2.75, 3.05) is 19.6 Å². The fraction of sp³-hybridized carbons (Fsp3) is 0.455. The number of rotatable bonds is 3. The van der Waals surface area contributed by atoms with Crippen molar-refractivity contribution >= 4 is 0 Å². The van der Waals surface area contributed by atoms with Crippen LogP contribution in [0, 0.1) is 0 Å². The van der Waals surface area contributed by atoms with Gasteiger partial charge in [0.25, 0.3) is 0 Å². The Kier molecular flexibility index (Phi) is 3.08. The van der Waals surface area contributed by atoms with E-state index in [1.54, 1.807) is 12.4 Å². The Morgan fingerprint density at radius 3 is 2.87 bits per heavy atom. The molecule has 1 radical (unpaired) electrons. The molecule has 4 nitrogen and oxygen atoms in total. The van der Waals surface area contributed by atoms with Crippen LogP contribution < -0.4 is 10.6 Å². The summed E-state index contributed by atoms with van der Waals surface area (Å²) in [4.78, 5) is 8.60. The molecule has 0 aliphatic carbocycles. The molecule has 1 fully saturated rings. The van der Waals surface area contributed by atoms with Crippen LogP contribution in [0.1, 0.15) is 12.2 Å². The van der Waals surface area contributed by atoms with Gasteiger partial charge in [-0.05, 0) is 12.5 Å². The monoisotopic (exact) mass is 203 g/mol. The zero-order chi connectivity index (χ0) is 10.6. The summed E-state index contributed by atoms with van der Waals surface area (Å²) in [6.07, 6.45) is 6.19. The van der Waals surface area contributed by atoms with E-state index in [1.165, 1.54) is 0 Å². The van der Waals surface area contributed by atoms with E-state index in [4.69, 9.17) is 0 Å². The molecule has 1 atom stereocenters. The molecular formula is C11H15N4. The zero-order valence-corrected chi connectivity index (χ0v) is 8.69. The van der Waals surface area contributed by atoms with Gasteiger partial charge in [-0.2, -0.15) is 0 Å². The Hall–Kier alpha value is -1.26. The van der Waals surface area contributed by atoms with E-state index in [0.29, 0.717) is 0 Å². The molecule has 1 N–H and O–H groups in total. The van der Waals surface area contributed by atoms with Crippen LogP contribution in [0.5, 0.6) is 0 Å². The minimum Gasteiger partial charge on any atom is -0.313 e. The Bertz CT molecular complexity index is 317. The summed E-state index contributed by atoms with van der Waals surface area (Å²) < 4.78 is 0. The number of nitrogens with zero attached hydrogens (tertiary/aromatic N) is 3. The average molecular weight is 203 g/mol. The van der Waals surface area contributed by atoms with Crippen LogP contribution in [0.15, 0.2) is 31.1 Å². The van der Waals surface area contributed by atoms with Crippen molar-refractivity contribution in [3.8, 4) is 0 Å². The van der Waals surface area contributed by atoms with Crippen molar-refractivity contribution in [2.24, 2.45) is 0 Å². The first-order valence-electron chi connectivity index (χ1n) is 5.15. The molecule has 0 spiro atoms. The maximum Gasteiger partial charge on any atom is 0.151 e. The molecule has 0 amide bonds. The molecule has 15 heavy (non-hydrogen) atoms. The topological polar surface area (TPSA) is 51.9 Å². The number of piperazine rings is 1. The van der Waals surface area contributed by atoms with Gasteiger partial charge in [0.2, 0.25) is 0 Å². The lowest BCUT2D eigenvalue weighted by Crippen LogP contribution is -2.53. The Labute approximate surface area is 89.8 Å². The molecule has 2 rings (SSSR count). The second-order valence-electron chi connectivity index (χ2n) is 3.66. The molecule has 0 aromatic carbocycles. The number of hydrogen-bond acceptors (Lipinski definition) is 3. The highest BCUT2D eigenvalue weighted by molar-refractivity contribution is 5.11. The fourth-order valence-electron chi connectivity index (χ4n) is 1.86. The van der Waals surface area contributed by atoms with Crippen molar-refractivity contribution < 1.29 is 0 Å². The molecule has 1 aliphatic rings. The highest BCUT2D eigenvalue weighted by atomic mass is 15.1. The van der Waals surface area contributed by atoms with Gasteiger partial charge >= 0.3 is 0 Å². The third-order valence-electron chi connectivity index (χ3n) is 2.58. The first-order chi connectivity index (χ1) is 7.37. The van der Waals surface area contributed by atoms with Gasteiger partial charge in [0.15, 0.2) is 5.82 Å². The third kappa shape index (κ3) is 2.06. The predicted octanol–water partition coefficient (Wildman–Crippen LogP) is 0.456. The van der Waals surface area contributed by atoms with Gasteiger partial charge in [-0.3, -0.25) is 0 Å². The van der Waals surface area contributed by atoms with Crippen molar-refractivity contribution in [2.45, 2.75) is 12.0 Å². The van der Waals surface area contributed by atoms with Crippen molar-refractivity contribution in [3.05, 3.63) is 36.9 Å². The van der Waals surface area contributed by atoms with Crippen LogP contribution in [0.25, 0.3) is 0 Å². The van der Waals surface area contributed by atoms with Crippen LogP contribution in [-0.4, -0.2) is 29.6 Å². The largest absolute Gasteiger partial charge is 0.313 e. The highest BCUT2D eigenvalue weighted by Crippen LogP contribution is 2.24. The van der Waals surface area contributed by atoms with E-state index >= 15 is 0 Å². The molecule has 1 aliphatic heterocycles. The molecule has 1 saturated heterocycles. The summed E-state index contributed by atoms with van der Waals surface area (Å²) >= 11 is 0. The third-order valence-corrected chi connectivity index (χ3v) is 2.58. The lowest BCUT2D eigenvalue weighted by atomic mass is 9.92. The smallest absolute Gasteiger partial charge is 0.151 e. The maximum absolute atomic E-state index is 4.66. The summed E-state index contributed by atoms with van der Waals surface area (Å²) in [7, 11) is 0.